The predicted molar refractivity (Wildman–Crippen MR) is 106 cm³/mol. The van der Waals surface area contributed by atoms with Gasteiger partial charge in [0.2, 0.25) is 0 Å². The highest BCUT2D eigenvalue weighted by Crippen LogP contribution is 2.35. The standard InChI is InChI=1S/C22H25FN4/c1-14-9-15(2)13-26(12-14)22-18-7-4-8-19(18)24-21-11-20(25-27(21)22)16-5-3-6-17(23)10-16/h3,5-6,10-11,14-15H,4,7-9,12-13H2,1-2H3/t14-,15-/m1/s1. The van der Waals surface area contributed by atoms with E-state index in [2.05, 4.69) is 18.7 Å². The number of nitrogens with zero attached hydrogens (tertiary/aromatic N) is 4. The van der Waals surface area contributed by atoms with Crippen molar-refractivity contribution in [3.63, 3.8) is 0 Å². The lowest BCUT2D eigenvalue weighted by Gasteiger charge is -2.37. The minimum atomic E-state index is -0.237. The molecule has 5 heteroatoms. The van der Waals surface area contributed by atoms with Gasteiger partial charge in [-0.05, 0) is 49.7 Å². The van der Waals surface area contributed by atoms with Crippen molar-refractivity contribution in [1.29, 1.82) is 0 Å². The largest absolute Gasteiger partial charge is 0.356 e. The van der Waals surface area contributed by atoms with E-state index < -0.39 is 0 Å². The first-order valence-electron chi connectivity index (χ1n) is 10.0. The molecule has 3 aromatic rings. The van der Waals surface area contributed by atoms with Gasteiger partial charge in [0.15, 0.2) is 5.65 Å². The molecule has 1 aromatic carbocycles. The third-order valence-electron chi connectivity index (χ3n) is 5.89. The zero-order valence-electron chi connectivity index (χ0n) is 16.0. The van der Waals surface area contributed by atoms with Gasteiger partial charge < -0.3 is 4.90 Å². The van der Waals surface area contributed by atoms with Crippen molar-refractivity contribution in [3.8, 4) is 11.3 Å². The number of hydrogen-bond donors (Lipinski definition) is 0. The van der Waals surface area contributed by atoms with E-state index in [4.69, 9.17) is 10.1 Å². The second kappa shape index (κ2) is 6.32. The summed E-state index contributed by atoms with van der Waals surface area (Å²) in [5.41, 5.74) is 5.03. The molecular formula is C22H25FN4. The first kappa shape index (κ1) is 16.7. The molecule has 0 amide bonds. The zero-order valence-corrected chi connectivity index (χ0v) is 16.0. The van der Waals surface area contributed by atoms with E-state index in [9.17, 15) is 4.39 Å². The molecule has 5 rings (SSSR count). The van der Waals surface area contributed by atoms with Gasteiger partial charge in [0.1, 0.15) is 11.6 Å². The van der Waals surface area contributed by atoms with Crippen LogP contribution in [0.2, 0.25) is 0 Å². The summed E-state index contributed by atoms with van der Waals surface area (Å²) >= 11 is 0. The maximum absolute atomic E-state index is 13.7. The maximum atomic E-state index is 13.7. The molecule has 1 aliphatic heterocycles. The van der Waals surface area contributed by atoms with Crippen LogP contribution in [-0.2, 0) is 12.8 Å². The molecule has 4 nitrogen and oxygen atoms in total. The van der Waals surface area contributed by atoms with Crippen molar-refractivity contribution in [2.24, 2.45) is 11.8 Å². The van der Waals surface area contributed by atoms with Gasteiger partial charge in [-0.15, -0.1) is 0 Å². The fourth-order valence-electron chi connectivity index (χ4n) is 4.91. The van der Waals surface area contributed by atoms with Crippen LogP contribution in [0, 0.1) is 17.7 Å². The molecule has 3 heterocycles. The summed E-state index contributed by atoms with van der Waals surface area (Å²) in [7, 11) is 0. The Bertz CT molecular complexity index is 999. The predicted octanol–water partition coefficient (Wildman–Crippen LogP) is 4.51. The van der Waals surface area contributed by atoms with E-state index in [1.54, 1.807) is 12.1 Å². The summed E-state index contributed by atoms with van der Waals surface area (Å²) in [6.07, 6.45) is 4.55. The minimum absolute atomic E-state index is 0.237. The van der Waals surface area contributed by atoms with Gasteiger partial charge in [-0.25, -0.2) is 9.37 Å². The lowest BCUT2D eigenvalue weighted by atomic mass is 9.91. The molecule has 1 fully saturated rings. The van der Waals surface area contributed by atoms with Crippen molar-refractivity contribution in [3.05, 3.63) is 47.4 Å². The summed E-state index contributed by atoms with van der Waals surface area (Å²) in [6, 6.07) is 8.64. The van der Waals surface area contributed by atoms with Crippen molar-refractivity contribution in [2.75, 3.05) is 18.0 Å². The molecule has 2 aliphatic rings. The number of aromatic nitrogens is 3. The summed E-state index contributed by atoms with van der Waals surface area (Å²) in [5, 5.41) is 4.87. The van der Waals surface area contributed by atoms with E-state index in [0.717, 1.165) is 49.3 Å². The number of piperidine rings is 1. The number of benzene rings is 1. The minimum Gasteiger partial charge on any atom is -0.356 e. The van der Waals surface area contributed by atoms with Crippen LogP contribution in [0.15, 0.2) is 30.3 Å². The topological polar surface area (TPSA) is 33.4 Å². The number of rotatable bonds is 2. The number of halogens is 1. The van der Waals surface area contributed by atoms with Crippen LogP contribution in [0.5, 0.6) is 0 Å². The van der Waals surface area contributed by atoms with Crippen LogP contribution in [0.1, 0.15) is 37.9 Å². The normalized spacial score (nSPS) is 22.4. The first-order valence-corrected chi connectivity index (χ1v) is 10.0. The van der Waals surface area contributed by atoms with Crippen LogP contribution in [0.3, 0.4) is 0 Å². The quantitative estimate of drug-likeness (QED) is 0.671. The molecule has 0 bridgehead atoms. The van der Waals surface area contributed by atoms with E-state index in [1.807, 2.05) is 16.6 Å². The molecule has 0 unspecified atom stereocenters. The second-order valence-electron chi connectivity index (χ2n) is 8.38. The molecule has 0 N–H and O–H groups in total. The Morgan fingerprint density at radius 3 is 2.67 bits per heavy atom. The number of anilines is 1. The average Bonchev–Trinajstić information content (AvgIpc) is 3.24. The smallest absolute Gasteiger partial charge is 0.158 e. The molecule has 0 spiro atoms. The van der Waals surface area contributed by atoms with Crippen molar-refractivity contribution >= 4 is 11.5 Å². The van der Waals surface area contributed by atoms with Crippen molar-refractivity contribution < 1.29 is 4.39 Å². The van der Waals surface area contributed by atoms with Crippen molar-refractivity contribution in [2.45, 2.75) is 39.5 Å². The van der Waals surface area contributed by atoms with E-state index in [1.165, 1.54) is 29.6 Å². The highest BCUT2D eigenvalue weighted by atomic mass is 19.1. The third kappa shape index (κ3) is 2.89. The fraction of sp³-hybridized carbons (Fsp3) is 0.455. The van der Waals surface area contributed by atoms with Crippen LogP contribution >= 0.6 is 0 Å². The van der Waals surface area contributed by atoms with Gasteiger partial charge in [0, 0.05) is 36.0 Å². The van der Waals surface area contributed by atoms with Gasteiger partial charge in [0.05, 0.1) is 5.69 Å². The Labute approximate surface area is 159 Å². The fourth-order valence-corrected chi connectivity index (χ4v) is 4.91. The number of hydrogen-bond acceptors (Lipinski definition) is 3. The zero-order chi connectivity index (χ0) is 18.5. The van der Waals surface area contributed by atoms with Gasteiger partial charge in [0.25, 0.3) is 0 Å². The van der Waals surface area contributed by atoms with Gasteiger partial charge in [-0.3, -0.25) is 0 Å². The summed E-state index contributed by atoms with van der Waals surface area (Å²) in [6.45, 7) is 6.79. The Hall–Kier alpha value is -2.43. The molecule has 140 valence electrons. The molecule has 1 aliphatic carbocycles. The van der Waals surface area contributed by atoms with E-state index in [0.29, 0.717) is 11.8 Å². The summed E-state index contributed by atoms with van der Waals surface area (Å²) < 4.78 is 15.7. The first-order chi connectivity index (χ1) is 13.1. The monoisotopic (exact) mass is 364 g/mol. The van der Waals surface area contributed by atoms with Crippen LogP contribution in [0.25, 0.3) is 16.9 Å². The average molecular weight is 364 g/mol. The molecular weight excluding hydrogens is 339 g/mol. The molecule has 2 atom stereocenters. The molecule has 27 heavy (non-hydrogen) atoms. The van der Waals surface area contributed by atoms with Crippen LogP contribution in [0.4, 0.5) is 10.2 Å². The Kier molecular flexibility index (Phi) is 3.92. The van der Waals surface area contributed by atoms with E-state index >= 15 is 0 Å². The SMILES string of the molecule is C[C@@H]1C[C@@H](C)CN(c2c3c(nc4cc(-c5cccc(F)c5)nn24)CCC3)C1. The van der Waals surface area contributed by atoms with E-state index in [-0.39, 0.29) is 5.82 Å². The van der Waals surface area contributed by atoms with Crippen LogP contribution in [-0.4, -0.2) is 27.7 Å². The Balaban J connectivity index is 1.68. The lowest BCUT2D eigenvalue weighted by molar-refractivity contribution is 0.353. The highest BCUT2D eigenvalue weighted by molar-refractivity contribution is 5.67. The molecule has 2 aromatic heterocycles. The Morgan fingerprint density at radius 1 is 1.07 bits per heavy atom. The summed E-state index contributed by atoms with van der Waals surface area (Å²) in [5.74, 6) is 2.33. The number of aryl methyl sites for hydroxylation is 1. The lowest BCUT2D eigenvalue weighted by Crippen LogP contribution is -2.40. The Morgan fingerprint density at radius 2 is 1.89 bits per heavy atom. The molecule has 0 radical (unpaired) electrons. The summed E-state index contributed by atoms with van der Waals surface area (Å²) in [4.78, 5) is 7.41. The maximum Gasteiger partial charge on any atom is 0.158 e. The van der Waals surface area contributed by atoms with Crippen LogP contribution < -0.4 is 4.90 Å². The van der Waals surface area contributed by atoms with Crippen molar-refractivity contribution in [1.82, 2.24) is 14.6 Å². The van der Waals surface area contributed by atoms with Gasteiger partial charge >= 0.3 is 0 Å². The third-order valence-corrected chi connectivity index (χ3v) is 5.89. The van der Waals surface area contributed by atoms with Gasteiger partial charge in [-0.2, -0.15) is 9.61 Å². The van der Waals surface area contributed by atoms with Gasteiger partial charge in [-0.1, -0.05) is 26.0 Å². The molecule has 0 saturated carbocycles. The highest BCUT2D eigenvalue weighted by Gasteiger charge is 2.29. The molecule has 1 saturated heterocycles. The number of fused-ring (bicyclic) bond motifs is 2. The second-order valence-corrected chi connectivity index (χ2v) is 8.38.